The summed E-state index contributed by atoms with van der Waals surface area (Å²) in [5, 5.41) is 5.22. The fraction of sp³-hybridized carbons (Fsp3) is 0.471. The summed E-state index contributed by atoms with van der Waals surface area (Å²) in [5.74, 6) is -0.909. The van der Waals surface area contributed by atoms with Crippen LogP contribution in [-0.2, 0) is 14.3 Å². The van der Waals surface area contributed by atoms with Crippen molar-refractivity contribution in [2.75, 3.05) is 18.5 Å². The number of nitrogens with one attached hydrogen (secondary N) is 2. The van der Waals surface area contributed by atoms with Gasteiger partial charge in [-0.15, -0.1) is 0 Å². The molecule has 6 heteroatoms. The summed E-state index contributed by atoms with van der Waals surface area (Å²) >= 11 is 0. The zero-order valence-electron chi connectivity index (χ0n) is 14.1. The van der Waals surface area contributed by atoms with Crippen molar-refractivity contribution in [2.24, 2.45) is 5.41 Å². The van der Waals surface area contributed by atoms with Gasteiger partial charge < -0.3 is 15.4 Å². The van der Waals surface area contributed by atoms with E-state index < -0.39 is 5.41 Å². The molecule has 0 saturated carbocycles. The molecule has 0 saturated heterocycles. The lowest BCUT2D eigenvalue weighted by molar-refractivity contribution is -0.130. The van der Waals surface area contributed by atoms with Crippen LogP contribution in [0, 0.1) is 5.41 Å². The monoisotopic (exact) mass is 320 g/mol. The van der Waals surface area contributed by atoms with Crippen LogP contribution in [0.25, 0.3) is 0 Å². The van der Waals surface area contributed by atoms with Crippen LogP contribution in [0.5, 0.6) is 0 Å². The number of esters is 1. The molecule has 1 aromatic carbocycles. The molecule has 0 radical (unpaired) electrons. The molecule has 0 aromatic heterocycles. The van der Waals surface area contributed by atoms with E-state index in [4.69, 9.17) is 4.74 Å². The van der Waals surface area contributed by atoms with Crippen LogP contribution < -0.4 is 10.6 Å². The molecule has 0 aliphatic heterocycles. The third kappa shape index (κ3) is 6.50. The predicted molar refractivity (Wildman–Crippen MR) is 88.1 cm³/mol. The molecule has 23 heavy (non-hydrogen) atoms. The van der Waals surface area contributed by atoms with Crippen molar-refractivity contribution in [1.29, 1.82) is 0 Å². The first-order valence-corrected chi connectivity index (χ1v) is 7.59. The number of anilines is 1. The number of hydrogen-bond acceptors (Lipinski definition) is 4. The van der Waals surface area contributed by atoms with Crippen LogP contribution in [0.3, 0.4) is 0 Å². The van der Waals surface area contributed by atoms with E-state index in [0.29, 0.717) is 17.9 Å². The van der Waals surface area contributed by atoms with Gasteiger partial charge in [-0.05, 0) is 30.7 Å². The Morgan fingerprint density at radius 3 is 2.22 bits per heavy atom. The van der Waals surface area contributed by atoms with E-state index in [1.807, 2.05) is 6.92 Å². The van der Waals surface area contributed by atoms with Gasteiger partial charge in [0.25, 0.3) is 0 Å². The number of carbonyl (C=O) groups excluding carboxylic acids is 3. The van der Waals surface area contributed by atoms with Gasteiger partial charge in [-0.1, -0.05) is 27.7 Å². The fourth-order valence-corrected chi connectivity index (χ4v) is 1.60. The smallest absolute Gasteiger partial charge is 0.338 e. The summed E-state index contributed by atoms with van der Waals surface area (Å²) in [6.45, 7) is 7.52. The molecule has 0 fully saturated rings. The summed E-state index contributed by atoms with van der Waals surface area (Å²) in [7, 11) is 0. The summed E-state index contributed by atoms with van der Waals surface area (Å²) < 4.78 is 5.02. The maximum atomic E-state index is 11.8. The SMILES string of the molecule is CCCOC(=O)c1ccc(NC(=O)CNC(=O)C(C)(C)C)cc1. The maximum absolute atomic E-state index is 11.8. The van der Waals surface area contributed by atoms with Gasteiger partial charge in [0.15, 0.2) is 0 Å². The highest BCUT2D eigenvalue weighted by atomic mass is 16.5. The highest BCUT2D eigenvalue weighted by Gasteiger charge is 2.21. The second kappa shape index (κ2) is 8.31. The van der Waals surface area contributed by atoms with Crippen LogP contribution in [0.4, 0.5) is 5.69 Å². The average molecular weight is 320 g/mol. The van der Waals surface area contributed by atoms with Crippen molar-refractivity contribution in [2.45, 2.75) is 34.1 Å². The van der Waals surface area contributed by atoms with E-state index in [-0.39, 0.29) is 24.3 Å². The molecule has 0 aliphatic carbocycles. The molecule has 0 spiro atoms. The second-order valence-electron chi connectivity index (χ2n) is 6.19. The molecule has 0 aliphatic rings. The van der Waals surface area contributed by atoms with Crippen molar-refractivity contribution in [3.05, 3.63) is 29.8 Å². The van der Waals surface area contributed by atoms with Crippen molar-refractivity contribution in [3.8, 4) is 0 Å². The van der Waals surface area contributed by atoms with Crippen LogP contribution in [0.2, 0.25) is 0 Å². The molecule has 0 bridgehead atoms. The number of carbonyl (C=O) groups is 3. The van der Waals surface area contributed by atoms with E-state index in [1.165, 1.54) is 0 Å². The minimum atomic E-state index is -0.541. The largest absolute Gasteiger partial charge is 0.462 e. The Morgan fingerprint density at radius 1 is 1.09 bits per heavy atom. The zero-order chi connectivity index (χ0) is 17.5. The standard InChI is InChI=1S/C17H24N2O4/c1-5-10-23-15(21)12-6-8-13(9-7-12)19-14(20)11-18-16(22)17(2,3)4/h6-9H,5,10-11H2,1-4H3,(H,18,22)(H,19,20). The number of amides is 2. The minimum absolute atomic E-state index is 0.101. The highest BCUT2D eigenvalue weighted by molar-refractivity contribution is 5.96. The van der Waals surface area contributed by atoms with Gasteiger partial charge in [-0.3, -0.25) is 9.59 Å². The predicted octanol–water partition coefficient (Wildman–Crippen LogP) is 2.35. The molecule has 2 amide bonds. The van der Waals surface area contributed by atoms with Gasteiger partial charge >= 0.3 is 5.97 Å². The number of hydrogen-bond donors (Lipinski definition) is 2. The van der Waals surface area contributed by atoms with E-state index >= 15 is 0 Å². The third-order valence-electron chi connectivity index (χ3n) is 2.93. The first-order chi connectivity index (χ1) is 10.7. The maximum Gasteiger partial charge on any atom is 0.338 e. The summed E-state index contributed by atoms with van der Waals surface area (Å²) in [5.41, 5.74) is 0.436. The van der Waals surface area contributed by atoms with Gasteiger partial charge in [0, 0.05) is 11.1 Å². The Balaban J connectivity index is 2.50. The highest BCUT2D eigenvalue weighted by Crippen LogP contribution is 2.13. The summed E-state index contributed by atoms with van der Waals surface area (Å²) in [6, 6.07) is 6.40. The molecular formula is C17H24N2O4. The van der Waals surface area contributed by atoms with E-state index in [9.17, 15) is 14.4 Å². The Morgan fingerprint density at radius 2 is 1.70 bits per heavy atom. The minimum Gasteiger partial charge on any atom is -0.462 e. The van der Waals surface area contributed by atoms with Crippen LogP contribution >= 0.6 is 0 Å². The van der Waals surface area contributed by atoms with E-state index in [0.717, 1.165) is 6.42 Å². The van der Waals surface area contributed by atoms with Gasteiger partial charge in [-0.2, -0.15) is 0 Å². The third-order valence-corrected chi connectivity index (χ3v) is 2.93. The normalized spacial score (nSPS) is 10.8. The Kier molecular flexibility index (Phi) is 6.75. The lowest BCUT2D eigenvalue weighted by Crippen LogP contribution is -2.39. The summed E-state index contributed by atoms with van der Waals surface area (Å²) in [4.78, 5) is 35.1. The molecule has 1 rings (SSSR count). The zero-order valence-corrected chi connectivity index (χ0v) is 14.1. The molecule has 0 unspecified atom stereocenters. The van der Waals surface area contributed by atoms with Crippen LogP contribution in [-0.4, -0.2) is 30.9 Å². The molecule has 6 nitrogen and oxygen atoms in total. The van der Waals surface area contributed by atoms with Crippen molar-refractivity contribution in [3.63, 3.8) is 0 Å². The number of ether oxygens (including phenoxy) is 1. The lowest BCUT2D eigenvalue weighted by Gasteiger charge is -2.17. The quantitative estimate of drug-likeness (QED) is 0.788. The van der Waals surface area contributed by atoms with Gasteiger partial charge in [0.2, 0.25) is 11.8 Å². The van der Waals surface area contributed by atoms with Crippen LogP contribution in [0.15, 0.2) is 24.3 Å². The van der Waals surface area contributed by atoms with E-state index in [1.54, 1.807) is 45.0 Å². The lowest BCUT2D eigenvalue weighted by atomic mass is 9.96. The topological polar surface area (TPSA) is 84.5 Å². The molecule has 126 valence electrons. The number of benzene rings is 1. The van der Waals surface area contributed by atoms with Crippen molar-refractivity contribution >= 4 is 23.5 Å². The Hall–Kier alpha value is -2.37. The van der Waals surface area contributed by atoms with Crippen molar-refractivity contribution in [1.82, 2.24) is 5.32 Å². The molecule has 2 N–H and O–H groups in total. The number of rotatable bonds is 6. The molecule has 0 atom stereocenters. The first-order valence-electron chi connectivity index (χ1n) is 7.59. The van der Waals surface area contributed by atoms with Gasteiger partial charge in [0.05, 0.1) is 18.7 Å². The fourth-order valence-electron chi connectivity index (χ4n) is 1.60. The Bertz CT molecular complexity index is 559. The molecule has 0 heterocycles. The van der Waals surface area contributed by atoms with E-state index in [2.05, 4.69) is 10.6 Å². The molecule has 1 aromatic rings. The molecular weight excluding hydrogens is 296 g/mol. The van der Waals surface area contributed by atoms with Crippen LogP contribution in [0.1, 0.15) is 44.5 Å². The first kappa shape index (κ1) is 18.7. The van der Waals surface area contributed by atoms with Gasteiger partial charge in [-0.25, -0.2) is 4.79 Å². The average Bonchev–Trinajstić information content (AvgIpc) is 2.50. The van der Waals surface area contributed by atoms with Crippen molar-refractivity contribution < 1.29 is 19.1 Å². The summed E-state index contributed by atoms with van der Waals surface area (Å²) in [6.07, 6.45) is 0.764. The van der Waals surface area contributed by atoms with Gasteiger partial charge in [0.1, 0.15) is 0 Å². The Labute approximate surface area is 136 Å². The second-order valence-corrected chi connectivity index (χ2v) is 6.19.